The molecule has 1 aliphatic carbocycles. The fraction of sp³-hybridized carbons (Fsp3) is 0.458. The Kier molecular flexibility index (Phi) is 6.08. The minimum absolute atomic E-state index is 0.0777. The summed E-state index contributed by atoms with van der Waals surface area (Å²) in [7, 11) is -3.41. The van der Waals surface area contributed by atoms with E-state index in [2.05, 4.69) is 30.8 Å². The molecule has 0 amide bonds. The number of ether oxygens (including phenoxy) is 1. The summed E-state index contributed by atoms with van der Waals surface area (Å²) < 4.78 is 67.9. The quantitative estimate of drug-likeness (QED) is 0.439. The lowest BCUT2D eigenvalue weighted by Crippen LogP contribution is -2.29. The standard InChI is InChI=1S/C24H28F3N3O3S/c1-15-11-17(14-23(2,3)13-15)30-21-12-19(34(4,31)32)9-10-20(21)29-22(30)28-16-5-7-18(8-6-16)33-24(25,26)27/h5-10,12,15,17H,11,13-14H2,1-4H3,(H,28,29). The summed E-state index contributed by atoms with van der Waals surface area (Å²) in [6.45, 7) is 6.66. The molecule has 0 radical (unpaired) electrons. The lowest BCUT2D eigenvalue weighted by Gasteiger charge is -2.40. The molecule has 0 bridgehead atoms. The van der Waals surface area contributed by atoms with Gasteiger partial charge < -0.3 is 14.6 Å². The molecular weight excluding hydrogens is 467 g/mol. The van der Waals surface area contributed by atoms with Crippen molar-refractivity contribution >= 4 is 32.5 Å². The maximum Gasteiger partial charge on any atom is 0.573 e. The number of anilines is 2. The van der Waals surface area contributed by atoms with Crippen LogP contribution in [-0.4, -0.2) is 30.6 Å². The molecule has 1 aromatic heterocycles. The van der Waals surface area contributed by atoms with Gasteiger partial charge >= 0.3 is 6.36 Å². The molecule has 4 rings (SSSR count). The number of halogens is 3. The number of benzene rings is 2. The highest BCUT2D eigenvalue weighted by molar-refractivity contribution is 7.90. The second-order valence-electron chi connectivity index (χ2n) is 9.99. The van der Waals surface area contributed by atoms with E-state index in [0.717, 1.165) is 19.3 Å². The van der Waals surface area contributed by atoms with E-state index in [0.29, 0.717) is 28.6 Å². The van der Waals surface area contributed by atoms with Crippen LogP contribution in [0.4, 0.5) is 24.8 Å². The van der Waals surface area contributed by atoms with Gasteiger partial charge in [0.05, 0.1) is 15.9 Å². The van der Waals surface area contributed by atoms with Crippen LogP contribution in [0.3, 0.4) is 0 Å². The molecule has 3 aromatic rings. The molecule has 1 aliphatic rings. The van der Waals surface area contributed by atoms with Crippen LogP contribution in [0.5, 0.6) is 5.75 Å². The Morgan fingerprint density at radius 3 is 2.38 bits per heavy atom. The SMILES string of the molecule is CC1CC(n2c(Nc3ccc(OC(F)(F)F)cc3)nc3ccc(S(C)(=O)=O)cc32)CC(C)(C)C1. The number of sulfone groups is 1. The van der Waals surface area contributed by atoms with Crippen molar-refractivity contribution < 1.29 is 26.3 Å². The Morgan fingerprint density at radius 2 is 1.79 bits per heavy atom. The highest BCUT2D eigenvalue weighted by atomic mass is 32.2. The average molecular weight is 496 g/mol. The molecule has 2 atom stereocenters. The third-order valence-corrected chi connectivity index (χ3v) is 7.27. The maximum absolute atomic E-state index is 12.5. The van der Waals surface area contributed by atoms with E-state index in [1.165, 1.54) is 36.6 Å². The van der Waals surface area contributed by atoms with E-state index in [4.69, 9.17) is 4.98 Å². The van der Waals surface area contributed by atoms with Crippen LogP contribution in [0.25, 0.3) is 11.0 Å². The highest BCUT2D eigenvalue weighted by Gasteiger charge is 2.35. The molecule has 1 N–H and O–H groups in total. The van der Waals surface area contributed by atoms with Crippen LogP contribution in [0.2, 0.25) is 0 Å². The number of nitrogens with zero attached hydrogens (tertiary/aromatic N) is 2. The van der Waals surface area contributed by atoms with Crippen molar-refractivity contribution in [1.29, 1.82) is 0 Å². The predicted octanol–water partition coefficient (Wildman–Crippen LogP) is 6.47. The van der Waals surface area contributed by atoms with Crippen molar-refractivity contribution in [3.8, 4) is 5.75 Å². The fourth-order valence-electron chi connectivity index (χ4n) is 5.12. The lowest BCUT2D eigenvalue weighted by molar-refractivity contribution is -0.274. The number of fused-ring (bicyclic) bond motifs is 1. The van der Waals surface area contributed by atoms with Gasteiger partial charge in [0, 0.05) is 18.0 Å². The van der Waals surface area contributed by atoms with E-state index in [9.17, 15) is 21.6 Å². The topological polar surface area (TPSA) is 73.2 Å². The summed E-state index contributed by atoms with van der Waals surface area (Å²) in [5.74, 6) is 0.670. The molecule has 184 valence electrons. The maximum atomic E-state index is 12.5. The minimum Gasteiger partial charge on any atom is -0.406 e. The fourth-order valence-corrected chi connectivity index (χ4v) is 5.76. The van der Waals surface area contributed by atoms with Crippen molar-refractivity contribution in [1.82, 2.24) is 9.55 Å². The zero-order chi connectivity index (χ0) is 24.9. The van der Waals surface area contributed by atoms with Gasteiger partial charge in [-0.3, -0.25) is 0 Å². The van der Waals surface area contributed by atoms with Crippen LogP contribution in [0, 0.1) is 11.3 Å². The van der Waals surface area contributed by atoms with Gasteiger partial charge in [0.2, 0.25) is 5.95 Å². The number of nitrogens with one attached hydrogen (secondary N) is 1. The van der Waals surface area contributed by atoms with Crippen LogP contribution < -0.4 is 10.1 Å². The molecule has 2 aromatic carbocycles. The van der Waals surface area contributed by atoms with Crippen molar-refractivity contribution in [3.63, 3.8) is 0 Å². The Hall–Kier alpha value is -2.75. The van der Waals surface area contributed by atoms with Gasteiger partial charge in [-0.05, 0) is 73.1 Å². The van der Waals surface area contributed by atoms with E-state index < -0.39 is 16.2 Å². The molecule has 1 heterocycles. The molecule has 0 aliphatic heterocycles. The molecule has 0 spiro atoms. The zero-order valence-electron chi connectivity index (χ0n) is 19.5. The van der Waals surface area contributed by atoms with Gasteiger partial charge in [-0.25, -0.2) is 13.4 Å². The second-order valence-corrected chi connectivity index (χ2v) is 12.0. The molecule has 34 heavy (non-hydrogen) atoms. The number of imidazole rings is 1. The molecule has 1 fully saturated rings. The van der Waals surface area contributed by atoms with Gasteiger partial charge in [-0.15, -0.1) is 13.2 Å². The number of aromatic nitrogens is 2. The molecule has 10 heteroatoms. The van der Waals surface area contributed by atoms with E-state index >= 15 is 0 Å². The highest BCUT2D eigenvalue weighted by Crippen LogP contribution is 2.46. The Balaban J connectivity index is 1.77. The number of hydrogen-bond donors (Lipinski definition) is 1. The third-order valence-electron chi connectivity index (χ3n) is 6.16. The normalized spacial score (nSPS) is 20.9. The first-order valence-corrected chi connectivity index (χ1v) is 12.9. The summed E-state index contributed by atoms with van der Waals surface area (Å²) in [5.41, 5.74) is 1.99. The van der Waals surface area contributed by atoms with Crippen molar-refractivity contribution in [2.75, 3.05) is 11.6 Å². The lowest BCUT2D eigenvalue weighted by atomic mass is 9.70. The van der Waals surface area contributed by atoms with E-state index in [1.807, 2.05) is 4.57 Å². The van der Waals surface area contributed by atoms with E-state index in [-0.39, 0.29) is 22.1 Å². The summed E-state index contributed by atoms with van der Waals surface area (Å²) in [6.07, 6.45) is -0.701. The third kappa shape index (κ3) is 5.48. The minimum atomic E-state index is -4.76. The predicted molar refractivity (Wildman–Crippen MR) is 125 cm³/mol. The number of alkyl halides is 3. The van der Waals surface area contributed by atoms with Gasteiger partial charge in [0.1, 0.15) is 5.75 Å². The largest absolute Gasteiger partial charge is 0.573 e. The summed E-state index contributed by atoms with van der Waals surface area (Å²) in [4.78, 5) is 4.92. The van der Waals surface area contributed by atoms with Crippen LogP contribution in [0.1, 0.15) is 46.1 Å². The Labute approximate surface area is 197 Å². The number of rotatable bonds is 5. The van der Waals surface area contributed by atoms with Crippen LogP contribution in [0.15, 0.2) is 47.4 Å². The monoisotopic (exact) mass is 495 g/mol. The first-order valence-electron chi connectivity index (χ1n) is 11.1. The molecule has 6 nitrogen and oxygen atoms in total. The number of hydrogen-bond acceptors (Lipinski definition) is 5. The van der Waals surface area contributed by atoms with Crippen LogP contribution in [-0.2, 0) is 9.84 Å². The first kappa shape index (κ1) is 24.4. The van der Waals surface area contributed by atoms with Crippen molar-refractivity contribution in [2.45, 2.75) is 57.3 Å². The first-order chi connectivity index (χ1) is 15.7. The summed E-state index contributed by atoms with van der Waals surface area (Å²) in [5, 5.41) is 3.22. The van der Waals surface area contributed by atoms with Gasteiger partial charge in [0.25, 0.3) is 0 Å². The Morgan fingerprint density at radius 1 is 1.12 bits per heavy atom. The van der Waals surface area contributed by atoms with Gasteiger partial charge in [-0.1, -0.05) is 20.8 Å². The molecule has 0 saturated heterocycles. The Bertz CT molecular complexity index is 1300. The zero-order valence-corrected chi connectivity index (χ0v) is 20.3. The van der Waals surface area contributed by atoms with E-state index in [1.54, 1.807) is 12.1 Å². The van der Waals surface area contributed by atoms with Crippen molar-refractivity contribution in [2.24, 2.45) is 11.3 Å². The average Bonchev–Trinajstić information content (AvgIpc) is 3.03. The van der Waals surface area contributed by atoms with Gasteiger partial charge in [0.15, 0.2) is 9.84 Å². The molecule has 1 saturated carbocycles. The molecule has 2 unspecified atom stereocenters. The van der Waals surface area contributed by atoms with Gasteiger partial charge in [-0.2, -0.15) is 0 Å². The summed E-state index contributed by atoms with van der Waals surface area (Å²) >= 11 is 0. The van der Waals surface area contributed by atoms with Crippen LogP contribution >= 0.6 is 0 Å². The van der Waals surface area contributed by atoms with Crippen molar-refractivity contribution in [3.05, 3.63) is 42.5 Å². The summed E-state index contributed by atoms with van der Waals surface area (Å²) in [6, 6.07) is 10.4. The molecular formula is C24H28F3N3O3S. The second kappa shape index (κ2) is 8.48. The smallest absolute Gasteiger partial charge is 0.406 e.